The summed E-state index contributed by atoms with van der Waals surface area (Å²) in [6.07, 6.45) is -1.92. The van der Waals surface area contributed by atoms with Crippen molar-refractivity contribution in [2.45, 2.75) is 38.3 Å². The third-order valence-electron chi connectivity index (χ3n) is 3.89. The van der Waals surface area contributed by atoms with E-state index in [1.807, 2.05) is 0 Å². The first-order valence-electron chi connectivity index (χ1n) is 7.47. The Morgan fingerprint density at radius 2 is 2.09 bits per heavy atom. The third kappa shape index (κ3) is 3.40. The second kappa shape index (κ2) is 6.33. The summed E-state index contributed by atoms with van der Waals surface area (Å²) in [7, 11) is 0. The van der Waals surface area contributed by atoms with Gasteiger partial charge in [0.1, 0.15) is 0 Å². The molecular formula is C16H17F3N2O2. The van der Waals surface area contributed by atoms with E-state index in [4.69, 9.17) is 4.74 Å². The van der Waals surface area contributed by atoms with Gasteiger partial charge in [0.25, 0.3) is 0 Å². The van der Waals surface area contributed by atoms with Gasteiger partial charge in [-0.1, -0.05) is 12.1 Å². The lowest BCUT2D eigenvalue weighted by Crippen LogP contribution is -2.21. The number of halogens is 3. The zero-order valence-electron chi connectivity index (χ0n) is 12.4. The van der Waals surface area contributed by atoms with Gasteiger partial charge in [0.05, 0.1) is 23.6 Å². The zero-order valence-corrected chi connectivity index (χ0v) is 12.4. The van der Waals surface area contributed by atoms with Crippen LogP contribution in [-0.4, -0.2) is 21.5 Å². The van der Waals surface area contributed by atoms with Crippen LogP contribution in [0.1, 0.15) is 36.7 Å². The molecule has 1 aliphatic heterocycles. The van der Waals surface area contributed by atoms with Crippen LogP contribution in [0.25, 0.3) is 11.3 Å². The van der Waals surface area contributed by atoms with Gasteiger partial charge in [0.15, 0.2) is 6.23 Å². The molecule has 1 unspecified atom stereocenters. The lowest BCUT2D eigenvalue weighted by molar-refractivity contribution is -0.137. The minimum absolute atomic E-state index is 0.244. The molecule has 124 valence electrons. The fourth-order valence-electron chi connectivity index (χ4n) is 2.71. The maximum atomic E-state index is 12.8. The second-order valence-corrected chi connectivity index (χ2v) is 5.52. The molecule has 1 N–H and O–H groups in total. The second-order valence-electron chi connectivity index (χ2n) is 5.52. The number of aliphatic hydroxyl groups excluding tert-OH is 1. The molecule has 1 atom stereocenters. The van der Waals surface area contributed by atoms with E-state index in [0.717, 1.165) is 31.4 Å². The van der Waals surface area contributed by atoms with E-state index in [1.54, 1.807) is 16.8 Å². The third-order valence-corrected chi connectivity index (χ3v) is 3.89. The van der Waals surface area contributed by atoms with Gasteiger partial charge in [0, 0.05) is 12.2 Å². The van der Waals surface area contributed by atoms with Crippen molar-refractivity contribution in [3.05, 3.63) is 41.6 Å². The first-order valence-corrected chi connectivity index (χ1v) is 7.47. The van der Waals surface area contributed by atoms with Crippen LogP contribution in [0.3, 0.4) is 0 Å². The normalized spacial score (nSPS) is 19.0. The van der Waals surface area contributed by atoms with Crippen molar-refractivity contribution >= 4 is 0 Å². The number of hydrogen-bond acceptors (Lipinski definition) is 3. The smallest absolute Gasteiger partial charge is 0.390 e. The Kier molecular flexibility index (Phi) is 4.41. The van der Waals surface area contributed by atoms with Gasteiger partial charge in [-0.15, -0.1) is 0 Å². The first kappa shape index (κ1) is 16.0. The van der Waals surface area contributed by atoms with Gasteiger partial charge in [-0.05, 0) is 37.5 Å². The highest BCUT2D eigenvalue weighted by atomic mass is 19.4. The fourth-order valence-corrected chi connectivity index (χ4v) is 2.71. The molecule has 4 nitrogen and oxygen atoms in total. The topological polar surface area (TPSA) is 47.3 Å². The Bertz CT molecular complexity index is 676. The van der Waals surface area contributed by atoms with Gasteiger partial charge in [-0.25, -0.2) is 4.68 Å². The van der Waals surface area contributed by atoms with Gasteiger partial charge in [0.2, 0.25) is 0 Å². The number of nitrogens with zero attached hydrogens (tertiary/aromatic N) is 2. The predicted molar refractivity (Wildman–Crippen MR) is 77.4 cm³/mol. The van der Waals surface area contributed by atoms with E-state index in [1.165, 1.54) is 6.07 Å². The number of rotatable bonds is 3. The van der Waals surface area contributed by atoms with Crippen LogP contribution in [0, 0.1) is 0 Å². The molecule has 0 saturated carbocycles. The largest absolute Gasteiger partial charge is 0.416 e. The van der Waals surface area contributed by atoms with Crippen LogP contribution < -0.4 is 0 Å². The molecule has 1 fully saturated rings. The number of hydrogen-bond donors (Lipinski definition) is 1. The summed E-state index contributed by atoms with van der Waals surface area (Å²) in [4.78, 5) is 0. The Labute approximate surface area is 131 Å². The summed E-state index contributed by atoms with van der Waals surface area (Å²) in [5.41, 5.74) is 0.576. The minimum atomic E-state index is -4.40. The van der Waals surface area contributed by atoms with Crippen molar-refractivity contribution in [3.8, 4) is 11.3 Å². The fraction of sp³-hybridized carbons (Fsp3) is 0.438. The Morgan fingerprint density at radius 3 is 2.74 bits per heavy atom. The number of benzene rings is 1. The SMILES string of the molecule is OCc1cc(-c2cccc(C(F)(F)F)c2)nn1C1CCCCO1. The molecule has 0 amide bonds. The van der Waals surface area contributed by atoms with Crippen LogP contribution in [0.4, 0.5) is 13.2 Å². The van der Waals surface area contributed by atoms with Crippen LogP contribution >= 0.6 is 0 Å². The Balaban J connectivity index is 1.96. The molecule has 0 aliphatic carbocycles. The highest BCUT2D eigenvalue weighted by Crippen LogP contribution is 2.33. The molecule has 0 radical (unpaired) electrons. The summed E-state index contributed by atoms with van der Waals surface area (Å²) in [6.45, 7) is 0.375. The van der Waals surface area contributed by atoms with Crippen molar-refractivity contribution < 1.29 is 23.0 Å². The molecule has 1 aromatic carbocycles. The summed E-state index contributed by atoms with van der Waals surface area (Å²) >= 11 is 0. The zero-order chi connectivity index (χ0) is 16.4. The van der Waals surface area contributed by atoms with Crippen molar-refractivity contribution in [3.63, 3.8) is 0 Å². The summed E-state index contributed by atoms with van der Waals surface area (Å²) < 4.78 is 45.7. The van der Waals surface area contributed by atoms with E-state index < -0.39 is 11.7 Å². The maximum Gasteiger partial charge on any atom is 0.416 e. The standard InChI is InChI=1S/C16H17F3N2O2/c17-16(18,19)12-5-3-4-11(8-12)14-9-13(10-22)21(20-14)15-6-1-2-7-23-15/h3-5,8-9,15,22H,1-2,6-7,10H2. The van der Waals surface area contributed by atoms with E-state index in [9.17, 15) is 18.3 Å². The van der Waals surface area contributed by atoms with E-state index in [2.05, 4.69) is 5.10 Å². The highest BCUT2D eigenvalue weighted by molar-refractivity contribution is 5.60. The molecule has 1 saturated heterocycles. The van der Waals surface area contributed by atoms with Crippen LogP contribution in [0.15, 0.2) is 30.3 Å². The average Bonchev–Trinajstić information content (AvgIpc) is 2.99. The molecule has 1 aromatic heterocycles. The van der Waals surface area contributed by atoms with Crippen molar-refractivity contribution in [1.82, 2.24) is 9.78 Å². The van der Waals surface area contributed by atoms with Crippen LogP contribution in [0.2, 0.25) is 0 Å². The molecule has 0 spiro atoms. The average molecular weight is 326 g/mol. The molecule has 2 aromatic rings. The number of aliphatic hydroxyl groups is 1. The first-order chi connectivity index (χ1) is 11.0. The summed E-state index contributed by atoms with van der Waals surface area (Å²) in [5.74, 6) is 0. The van der Waals surface area contributed by atoms with E-state index >= 15 is 0 Å². The minimum Gasteiger partial charge on any atom is -0.390 e. The number of alkyl halides is 3. The highest BCUT2D eigenvalue weighted by Gasteiger charge is 2.30. The Morgan fingerprint density at radius 1 is 1.26 bits per heavy atom. The lowest BCUT2D eigenvalue weighted by Gasteiger charge is -2.24. The quantitative estimate of drug-likeness (QED) is 0.934. The van der Waals surface area contributed by atoms with E-state index in [-0.39, 0.29) is 12.8 Å². The molecule has 7 heteroatoms. The van der Waals surface area contributed by atoms with Gasteiger partial charge < -0.3 is 9.84 Å². The van der Waals surface area contributed by atoms with Gasteiger partial charge in [-0.3, -0.25) is 0 Å². The molecule has 2 heterocycles. The Hall–Kier alpha value is -1.86. The van der Waals surface area contributed by atoms with Gasteiger partial charge >= 0.3 is 6.18 Å². The van der Waals surface area contributed by atoms with Crippen molar-refractivity contribution in [2.24, 2.45) is 0 Å². The summed E-state index contributed by atoms with van der Waals surface area (Å²) in [6, 6.07) is 6.62. The molecule has 23 heavy (non-hydrogen) atoms. The molecule has 1 aliphatic rings. The maximum absolute atomic E-state index is 12.8. The monoisotopic (exact) mass is 326 g/mol. The molecule has 3 rings (SSSR count). The number of ether oxygens (including phenoxy) is 1. The van der Waals surface area contributed by atoms with Crippen LogP contribution in [0.5, 0.6) is 0 Å². The van der Waals surface area contributed by atoms with Crippen LogP contribution in [-0.2, 0) is 17.5 Å². The summed E-state index contributed by atoms with van der Waals surface area (Å²) in [5, 5.41) is 13.9. The lowest BCUT2D eigenvalue weighted by atomic mass is 10.1. The predicted octanol–water partition coefficient (Wildman–Crippen LogP) is 3.76. The van der Waals surface area contributed by atoms with Crippen molar-refractivity contribution in [2.75, 3.05) is 6.61 Å². The van der Waals surface area contributed by atoms with Gasteiger partial charge in [-0.2, -0.15) is 18.3 Å². The molecular weight excluding hydrogens is 309 g/mol. The number of aromatic nitrogens is 2. The molecule has 0 bridgehead atoms. The van der Waals surface area contributed by atoms with Crippen molar-refractivity contribution in [1.29, 1.82) is 0 Å². The van der Waals surface area contributed by atoms with E-state index in [0.29, 0.717) is 23.6 Å².